The van der Waals surface area contributed by atoms with E-state index in [1.165, 1.54) is 0 Å². The van der Waals surface area contributed by atoms with E-state index in [1.807, 2.05) is 31.2 Å². The molecule has 4 nitrogen and oxygen atoms in total. The lowest BCUT2D eigenvalue weighted by molar-refractivity contribution is -0.115. The third-order valence-electron chi connectivity index (χ3n) is 2.82. The first-order valence-electron chi connectivity index (χ1n) is 6.45. The molecule has 1 aromatic heterocycles. The number of halogens is 1. The molecule has 3 N–H and O–H groups in total. The van der Waals surface area contributed by atoms with Gasteiger partial charge in [0.05, 0.1) is 0 Å². The molecule has 0 bridgehead atoms. The van der Waals surface area contributed by atoms with E-state index in [0.717, 1.165) is 20.7 Å². The quantitative estimate of drug-likeness (QED) is 0.623. The first kappa shape index (κ1) is 15.9. The molecule has 0 saturated carbocycles. The van der Waals surface area contributed by atoms with E-state index in [-0.39, 0.29) is 5.91 Å². The van der Waals surface area contributed by atoms with Crippen LogP contribution in [0.3, 0.4) is 0 Å². The molecule has 1 aromatic carbocycles. The van der Waals surface area contributed by atoms with E-state index < -0.39 is 0 Å². The number of nitrogens with zero attached hydrogens (tertiary/aromatic N) is 1. The van der Waals surface area contributed by atoms with Gasteiger partial charge in [0.2, 0.25) is 5.91 Å². The standard InChI is InChI=1S/C15H16BrN3OS/c1-10-9-11(17)4-5-13(10)19-14(20)6-8-21-15-12(16)3-2-7-18-15/h2-5,7,9H,6,8,17H2,1H3,(H,19,20). The Bertz CT molecular complexity index is 649. The third-order valence-corrected chi connectivity index (χ3v) is 4.73. The Morgan fingerprint density at radius 1 is 1.43 bits per heavy atom. The number of anilines is 2. The molecule has 21 heavy (non-hydrogen) atoms. The van der Waals surface area contributed by atoms with Gasteiger partial charge >= 0.3 is 0 Å². The van der Waals surface area contributed by atoms with Crippen LogP contribution in [0.15, 0.2) is 46.0 Å². The lowest BCUT2D eigenvalue weighted by Crippen LogP contribution is -2.13. The van der Waals surface area contributed by atoms with Crippen molar-refractivity contribution >= 4 is 45.0 Å². The maximum atomic E-state index is 11.9. The first-order valence-corrected chi connectivity index (χ1v) is 8.23. The summed E-state index contributed by atoms with van der Waals surface area (Å²) in [5.41, 5.74) is 8.15. The number of pyridine rings is 1. The third kappa shape index (κ3) is 4.75. The number of amides is 1. The lowest BCUT2D eigenvalue weighted by Gasteiger charge is -2.09. The van der Waals surface area contributed by atoms with E-state index >= 15 is 0 Å². The number of hydrogen-bond acceptors (Lipinski definition) is 4. The molecule has 0 saturated heterocycles. The van der Waals surface area contributed by atoms with Crippen LogP contribution in [0.2, 0.25) is 0 Å². The molecule has 6 heteroatoms. The van der Waals surface area contributed by atoms with Crippen molar-refractivity contribution in [2.24, 2.45) is 0 Å². The number of aromatic nitrogens is 1. The van der Waals surface area contributed by atoms with Crippen LogP contribution in [-0.2, 0) is 4.79 Å². The fourth-order valence-corrected chi connectivity index (χ4v) is 3.18. The van der Waals surface area contributed by atoms with Crippen LogP contribution in [0.1, 0.15) is 12.0 Å². The van der Waals surface area contributed by atoms with Crippen molar-refractivity contribution in [3.05, 3.63) is 46.6 Å². The first-order chi connectivity index (χ1) is 10.1. The Hall–Kier alpha value is -1.53. The smallest absolute Gasteiger partial charge is 0.225 e. The zero-order valence-electron chi connectivity index (χ0n) is 11.6. The SMILES string of the molecule is Cc1cc(N)ccc1NC(=O)CCSc1ncccc1Br. The van der Waals surface area contributed by atoms with Crippen LogP contribution in [-0.4, -0.2) is 16.6 Å². The molecule has 0 atom stereocenters. The number of hydrogen-bond donors (Lipinski definition) is 2. The predicted molar refractivity (Wildman–Crippen MR) is 91.5 cm³/mol. The molecule has 0 spiro atoms. The molecule has 0 aliphatic rings. The number of carbonyl (C=O) groups excluding carboxylic acids is 1. The Morgan fingerprint density at radius 2 is 2.24 bits per heavy atom. The number of aryl methyl sites for hydroxylation is 1. The molecule has 0 unspecified atom stereocenters. The van der Waals surface area contributed by atoms with Gasteiger partial charge in [-0.25, -0.2) is 4.98 Å². The second kappa shape index (κ2) is 7.47. The van der Waals surface area contributed by atoms with Gasteiger partial charge in [0, 0.05) is 34.2 Å². The van der Waals surface area contributed by atoms with E-state index in [0.29, 0.717) is 17.9 Å². The summed E-state index contributed by atoms with van der Waals surface area (Å²) in [4.78, 5) is 16.2. The van der Waals surface area contributed by atoms with Crippen LogP contribution in [0.25, 0.3) is 0 Å². The van der Waals surface area contributed by atoms with Gasteiger partial charge in [0.1, 0.15) is 5.03 Å². The number of nitrogens with one attached hydrogen (secondary N) is 1. The van der Waals surface area contributed by atoms with Crippen LogP contribution < -0.4 is 11.1 Å². The van der Waals surface area contributed by atoms with E-state index in [2.05, 4.69) is 26.2 Å². The fraction of sp³-hybridized carbons (Fsp3) is 0.200. The van der Waals surface area contributed by atoms with E-state index in [1.54, 1.807) is 24.0 Å². The van der Waals surface area contributed by atoms with Gasteiger partial charge in [-0.1, -0.05) is 0 Å². The minimum absolute atomic E-state index is 0.0116. The summed E-state index contributed by atoms with van der Waals surface area (Å²) in [5.74, 6) is 0.664. The highest BCUT2D eigenvalue weighted by molar-refractivity contribution is 9.10. The highest BCUT2D eigenvalue weighted by Crippen LogP contribution is 2.25. The van der Waals surface area contributed by atoms with Crippen LogP contribution >= 0.6 is 27.7 Å². The second-order valence-electron chi connectivity index (χ2n) is 4.51. The van der Waals surface area contributed by atoms with Crippen molar-refractivity contribution in [1.29, 1.82) is 0 Å². The molecule has 0 radical (unpaired) electrons. The average molecular weight is 366 g/mol. The maximum Gasteiger partial charge on any atom is 0.225 e. The van der Waals surface area contributed by atoms with Crippen molar-refractivity contribution in [1.82, 2.24) is 4.98 Å². The molecule has 1 amide bonds. The van der Waals surface area contributed by atoms with Gasteiger partial charge in [-0.15, -0.1) is 11.8 Å². The van der Waals surface area contributed by atoms with Crippen molar-refractivity contribution in [3.8, 4) is 0 Å². The predicted octanol–water partition coefficient (Wildman–Crippen LogP) is 3.86. The van der Waals surface area contributed by atoms with Crippen molar-refractivity contribution in [2.45, 2.75) is 18.4 Å². The zero-order chi connectivity index (χ0) is 15.2. The fourth-order valence-electron chi connectivity index (χ4n) is 1.76. The van der Waals surface area contributed by atoms with Crippen LogP contribution in [0.4, 0.5) is 11.4 Å². The average Bonchev–Trinajstić information content (AvgIpc) is 2.44. The van der Waals surface area contributed by atoms with Gasteiger partial charge in [-0.05, 0) is 58.7 Å². The number of nitrogens with two attached hydrogens (primary N) is 1. The summed E-state index contributed by atoms with van der Waals surface area (Å²) in [5, 5.41) is 3.80. The van der Waals surface area contributed by atoms with Crippen LogP contribution in [0.5, 0.6) is 0 Å². The summed E-state index contributed by atoms with van der Waals surface area (Å²) >= 11 is 4.99. The van der Waals surface area contributed by atoms with Crippen molar-refractivity contribution in [2.75, 3.05) is 16.8 Å². The largest absolute Gasteiger partial charge is 0.399 e. The van der Waals surface area contributed by atoms with Crippen molar-refractivity contribution in [3.63, 3.8) is 0 Å². The molecule has 0 aliphatic heterocycles. The summed E-state index contributed by atoms with van der Waals surface area (Å²) in [6.45, 7) is 1.92. The minimum Gasteiger partial charge on any atom is -0.399 e. The number of nitrogen functional groups attached to an aromatic ring is 1. The zero-order valence-corrected chi connectivity index (χ0v) is 14.0. The Balaban J connectivity index is 1.84. The highest BCUT2D eigenvalue weighted by atomic mass is 79.9. The van der Waals surface area contributed by atoms with Gasteiger partial charge in [0.15, 0.2) is 0 Å². The van der Waals surface area contributed by atoms with Gasteiger partial charge < -0.3 is 11.1 Å². The number of carbonyl (C=O) groups is 1. The molecule has 1 heterocycles. The monoisotopic (exact) mass is 365 g/mol. The van der Waals surface area contributed by atoms with Gasteiger partial charge in [0.25, 0.3) is 0 Å². The Labute approximate surface area is 136 Å². The molecule has 0 fully saturated rings. The van der Waals surface area contributed by atoms with Gasteiger partial charge in [-0.3, -0.25) is 4.79 Å². The number of rotatable bonds is 5. The minimum atomic E-state index is -0.0116. The second-order valence-corrected chi connectivity index (χ2v) is 6.45. The lowest BCUT2D eigenvalue weighted by atomic mass is 10.2. The molecule has 0 aliphatic carbocycles. The molecule has 110 valence electrons. The Kier molecular flexibility index (Phi) is 5.64. The maximum absolute atomic E-state index is 11.9. The van der Waals surface area contributed by atoms with Crippen LogP contribution in [0, 0.1) is 6.92 Å². The van der Waals surface area contributed by atoms with Crippen molar-refractivity contribution < 1.29 is 4.79 Å². The molecular weight excluding hydrogens is 350 g/mol. The number of thioether (sulfide) groups is 1. The number of benzene rings is 1. The summed E-state index contributed by atoms with van der Waals surface area (Å²) in [6.07, 6.45) is 2.17. The summed E-state index contributed by atoms with van der Waals surface area (Å²) in [6, 6.07) is 9.25. The normalized spacial score (nSPS) is 10.4. The topological polar surface area (TPSA) is 68.0 Å². The van der Waals surface area contributed by atoms with Gasteiger partial charge in [-0.2, -0.15) is 0 Å². The molecule has 2 rings (SSSR count). The van der Waals surface area contributed by atoms with E-state index in [9.17, 15) is 4.79 Å². The molecule has 2 aromatic rings. The Morgan fingerprint density at radius 3 is 2.95 bits per heavy atom. The molecular formula is C15H16BrN3OS. The summed E-state index contributed by atoms with van der Waals surface area (Å²) in [7, 11) is 0. The van der Waals surface area contributed by atoms with E-state index in [4.69, 9.17) is 5.73 Å². The highest BCUT2D eigenvalue weighted by Gasteiger charge is 2.07. The summed E-state index contributed by atoms with van der Waals surface area (Å²) < 4.78 is 0.949.